The number of hydrogen-bond donors (Lipinski definition) is 1. The maximum atomic E-state index is 5.46. The lowest BCUT2D eigenvalue weighted by Gasteiger charge is -2.04. The van der Waals surface area contributed by atoms with E-state index < -0.39 is 0 Å². The maximum Gasteiger partial charge on any atom is 0.202 e. The second kappa shape index (κ2) is 6.81. The quantitative estimate of drug-likeness (QED) is 0.855. The van der Waals surface area contributed by atoms with Crippen molar-refractivity contribution in [3.63, 3.8) is 0 Å². The Labute approximate surface area is 124 Å². The van der Waals surface area contributed by atoms with Crippen LogP contribution in [-0.4, -0.2) is 18.6 Å². The fourth-order valence-electron chi connectivity index (χ4n) is 2.07. The lowest BCUT2D eigenvalue weighted by atomic mass is 10.2. The summed E-state index contributed by atoms with van der Waals surface area (Å²) in [5.74, 6) is 0.842. The third-order valence-electron chi connectivity index (χ3n) is 3.16. The van der Waals surface area contributed by atoms with Crippen LogP contribution in [0.5, 0.6) is 0 Å². The lowest BCUT2D eigenvalue weighted by molar-refractivity contribution is 0.0370. The largest absolute Gasteiger partial charge is 0.292 e. The number of nitrogens with zero attached hydrogens (tertiary/aromatic N) is 2. The van der Waals surface area contributed by atoms with Gasteiger partial charge < -0.3 is 0 Å². The molecule has 1 aliphatic rings. The fourth-order valence-corrected chi connectivity index (χ4v) is 2.07. The molecule has 0 bridgehead atoms. The van der Waals surface area contributed by atoms with Gasteiger partial charge in [-0.05, 0) is 5.56 Å². The molecule has 0 saturated carbocycles. The van der Waals surface area contributed by atoms with Gasteiger partial charge in [0.2, 0.25) is 6.23 Å². The monoisotopic (exact) mass is 279 g/mol. The molecule has 1 heterocycles. The zero-order valence-electron chi connectivity index (χ0n) is 11.6. The Morgan fingerprint density at radius 3 is 2.52 bits per heavy atom. The highest BCUT2D eigenvalue weighted by Gasteiger charge is 2.18. The maximum absolute atomic E-state index is 5.46. The number of nitrogens with one attached hydrogen (secondary N) is 1. The second-order valence-electron chi connectivity index (χ2n) is 4.75. The van der Waals surface area contributed by atoms with Crippen molar-refractivity contribution in [3.8, 4) is 0 Å². The van der Waals surface area contributed by atoms with Gasteiger partial charge in [0.25, 0.3) is 0 Å². The Morgan fingerprint density at radius 2 is 1.76 bits per heavy atom. The molecule has 21 heavy (non-hydrogen) atoms. The highest BCUT2D eigenvalue weighted by atomic mass is 16.7. The molecule has 2 aromatic carbocycles. The number of aliphatic imine (C=N–C) groups is 2. The van der Waals surface area contributed by atoms with Gasteiger partial charge in [-0.2, -0.15) is 0 Å². The number of benzene rings is 2. The zero-order valence-corrected chi connectivity index (χ0v) is 11.6. The molecule has 1 aliphatic heterocycles. The third-order valence-corrected chi connectivity index (χ3v) is 3.16. The van der Waals surface area contributed by atoms with Gasteiger partial charge in [-0.3, -0.25) is 10.5 Å². The van der Waals surface area contributed by atoms with Gasteiger partial charge in [0, 0.05) is 24.7 Å². The number of hydrogen-bond acceptors (Lipinski definition) is 4. The number of hydroxylamine groups is 1. The molecule has 0 fully saturated rings. The molecule has 3 rings (SSSR count). The first-order valence-electron chi connectivity index (χ1n) is 7.00. The van der Waals surface area contributed by atoms with Gasteiger partial charge in [-0.1, -0.05) is 60.7 Å². The van der Waals surface area contributed by atoms with Crippen LogP contribution < -0.4 is 5.48 Å². The highest BCUT2D eigenvalue weighted by Crippen LogP contribution is 2.21. The van der Waals surface area contributed by atoms with E-state index in [1.165, 1.54) is 0 Å². The summed E-state index contributed by atoms with van der Waals surface area (Å²) in [5.41, 5.74) is 5.04. The summed E-state index contributed by atoms with van der Waals surface area (Å²) in [6.07, 6.45) is 2.37. The molecule has 4 nitrogen and oxygen atoms in total. The summed E-state index contributed by atoms with van der Waals surface area (Å²) in [6.45, 7) is 0.686. The van der Waals surface area contributed by atoms with Crippen molar-refractivity contribution in [2.24, 2.45) is 9.98 Å². The van der Waals surface area contributed by atoms with E-state index in [2.05, 4.69) is 15.5 Å². The fraction of sp³-hybridized carbons (Fsp3) is 0.176. The van der Waals surface area contributed by atoms with Crippen LogP contribution in [0.4, 0.5) is 0 Å². The summed E-state index contributed by atoms with van der Waals surface area (Å²) in [7, 11) is 0. The van der Waals surface area contributed by atoms with Crippen LogP contribution in [0.2, 0.25) is 0 Å². The van der Waals surface area contributed by atoms with Crippen LogP contribution in [0.3, 0.4) is 0 Å². The first-order valence-corrected chi connectivity index (χ1v) is 7.00. The van der Waals surface area contributed by atoms with E-state index in [0.29, 0.717) is 6.54 Å². The first kappa shape index (κ1) is 13.5. The summed E-state index contributed by atoms with van der Waals surface area (Å²) in [6, 6.07) is 20.0. The summed E-state index contributed by atoms with van der Waals surface area (Å²) in [4.78, 5) is 14.4. The average Bonchev–Trinajstić information content (AvgIpc) is 3.02. The molecule has 1 unspecified atom stereocenters. The first-order chi connectivity index (χ1) is 10.4. The van der Waals surface area contributed by atoms with Gasteiger partial charge in [0.05, 0.1) is 0 Å². The predicted molar refractivity (Wildman–Crippen MR) is 84.4 cm³/mol. The second-order valence-corrected chi connectivity index (χ2v) is 4.75. The van der Waals surface area contributed by atoms with Crippen molar-refractivity contribution >= 4 is 12.1 Å². The molecular formula is C17H17N3O. The topological polar surface area (TPSA) is 46.0 Å². The molecular weight excluding hydrogens is 262 g/mol. The Morgan fingerprint density at radius 1 is 1.05 bits per heavy atom. The highest BCUT2D eigenvalue weighted by molar-refractivity contribution is 5.83. The molecule has 0 saturated heterocycles. The van der Waals surface area contributed by atoms with Crippen LogP contribution in [0.1, 0.15) is 23.8 Å². The van der Waals surface area contributed by atoms with E-state index in [0.717, 1.165) is 23.4 Å². The minimum absolute atomic E-state index is 0.251. The van der Waals surface area contributed by atoms with Crippen LogP contribution in [0.15, 0.2) is 70.6 Å². The van der Waals surface area contributed by atoms with Crippen molar-refractivity contribution in [1.82, 2.24) is 5.48 Å². The van der Waals surface area contributed by atoms with Gasteiger partial charge in [0.15, 0.2) is 0 Å². The summed E-state index contributed by atoms with van der Waals surface area (Å²) >= 11 is 0. The predicted octanol–water partition coefficient (Wildman–Crippen LogP) is 3.13. The minimum Gasteiger partial charge on any atom is -0.292 e. The Hall–Kier alpha value is -2.46. The van der Waals surface area contributed by atoms with Crippen molar-refractivity contribution in [3.05, 3.63) is 71.8 Å². The van der Waals surface area contributed by atoms with Crippen molar-refractivity contribution < 1.29 is 4.84 Å². The lowest BCUT2D eigenvalue weighted by Crippen LogP contribution is -2.17. The third kappa shape index (κ3) is 3.77. The van der Waals surface area contributed by atoms with Gasteiger partial charge in [0.1, 0.15) is 5.84 Å². The molecule has 106 valence electrons. The molecule has 0 amide bonds. The van der Waals surface area contributed by atoms with Crippen molar-refractivity contribution in [1.29, 1.82) is 0 Å². The van der Waals surface area contributed by atoms with Crippen LogP contribution in [0.25, 0.3) is 0 Å². The van der Waals surface area contributed by atoms with E-state index in [9.17, 15) is 0 Å². The van der Waals surface area contributed by atoms with Crippen molar-refractivity contribution in [2.75, 3.05) is 6.54 Å². The molecule has 1 N–H and O–H groups in total. The number of rotatable bonds is 5. The van der Waals surface area contributed by atoms with Crippen LogP contribution in [-0.2, 0) is 4.84 Å². The van der Waals surface area contributed by atoms with Crippen LogP contribution in [0, 0.1) is 0 Å². The van der Waals surface area contributed by atoms with Gasteiger partial charge in [-0.15, -0.1) is 0 Å². The van der Waals surface area contributed by atoms with Gasteiger partial charge >= 0.3 is 0 Å². The van der Waals surface area contributed by atoms with Gasteiger partial charge in [-0.25, -0.2) is 9.83 Å². The smallest absolute Gasteiger partial charge is 0.202 e. The van der Waals surface area contributed by atoms with E-state index in [1.54, 1.807) is 0 Å². The van der Waals surface area contributed by atoms with E-state index >= 15 is 0 Å². The molecule has 0 spiro atoms. The zero-order chi connectivity index (χ0) is 14.3. The minimum atomic E-state index is -0.251. The van der Waals surface area contributed by atoms with E-state index in [4.69, 9.17) is 4.84 Å². The SMILES string of the molecule is C(=NCCC1=NC(c2ccccc2)ON1)c1ccccc1. The molecule has 0 aliphatic carbocycles. The Bertz CT molecular complexity index is 623. The van der Waals surface area contributed by atoms with Crippen molar-refractivity contribution in [2.45, 2.75) is 12.6 Å². The number of amidine groups is 1. The van der Waals surface area contributed by atoms with E-state index in [1.807, 2.05) is 66.9 Å². The molecule has 4 heteroatoms. The normalized spacial score (nSPS) is 17.7. The summed E-state index contributed by atoms with van der Waals surface area (Å²) < 4.78 is 0. The van der Waals surface area contributed by atoms with Crippen LogP contribution >= 0.6 is 0 Å². The molecule has 1 atom stereocenters. The average molecular weight is 279 g/mol. The Balaban J connectivity index is 1.51. The molecule has 2 aromatic rings. The molecule has 0 radical (unpaired) electrons. The molecule has 0 aromatic heterocycles. The summed E-state index contributed by atoms with van der Waals surface area (Å²) in [5, 5.41) is 0. The van der Waals surface area contributed by atoms with E-state index in [-0.39, 0.29) is 6.23 Å². The Kier molecular flexibility index (Phi) is 4.39. The standard InChI is InChI=1S/C17H17N3O/c1-3-7-14(8-4-1)13-18-12-11-16-19-17(21-20-16)15-9-5-2-6-10-15/h1-10,13,17H,11-12H2,(H,19,20).